The second-order valence-corrected chi connectivity index (χ2v) is 8.89. The van der Waals surface area contributed by atoms with Crippen LogP contribution in [0.25, 0.3) is 0 Å². The molecule has 1 atom stereocenters. The summed E-state index contributed by atoms with van der Waals surface area (Å²) in [6.45, 7) is 6.37. The summed E-state index contributed by atoms with van der Waals surface area (Å²) in [4.78, 5) is 24.9. The molecular weight excluding hydrogens is 469 g/mol. The molecule has 0 aliphatic heterocycles. The van der Waals surface area contributed by atoms with Crippen molar-refractivity contribution in [1.82, 2.24) is 20.1 Å². The second-order valence-electron chi connectivity index (χ2n) is 7.11. The SMILES string of the molecule is CCn1c(SCC(=O)Nc2cc(Cl)ccc2Cl)nnc1[C@@H](C)NC(=O)c1ccc(C)cc1. The lowest BCUT2D eigenvalue weighted by atomic mass is 10.1. The molecule has 0 unspecified atom stereocenters. The quantitative estimate of drug-likeness (QED) is 0.426. The number of halogens is 2. The predicted molar refractivity (Wildman–Crippen MR) is 129 cm³/mol. The molecule has 3 rings (SSSR count). The van der Waals surface area contributed by atoms with E-state index >= 15 is 0 Å². The Morgan fingerprint density at radius 2 is 1.84 bits per heavy atom. The van der Waals surface area contributed by atoms with Gasteiger partial charge < -0.3 is 15.2 Å². The van der Waals surface area contributed by atoms with Crippen molar-refractivity contribution in [3.63, 3.8) is 0 Å². The summed E-state index contributed by atoms with van der Waals surface area (Å²) < 4.78 is 1.88. The third kappa shape index (κ3) is 6.03. The topological polar surface area (TPSA) is 88.9 Å². The smallest absolute Gasteiger partial charge is 0.251 e. The second kappa shape index (κ2) is 10.8. The molecule has 0 radical (unpaired) electrons. The number of benzene rings is 2. The molecule has 1 heterocycles. The van der Waals surface area contributed by atoms with E-state index in [-0.39, 0.29) is 23.6 Å². The van der Waals surface area contributed by atoms with Crippen molar-refractivity contribution in [3.05, 3.63) is 69.5 Å². The van der Waals surface area contributed by atoms with Gasteiger partial charge in [0.15, 0.2) is 11.0 Å². The van der Waals surface area contributed by atoms with Crippen LogP contribution in [0.1, 0.15) is 41.6 Å². The van der Waals surface area contributed by atoms with Gasteiger partial charge in [0.2, 0.25) is 5.91 Å². The minimum atomic E-state index is -0.357. The average Bonchev–Trinajstić information content (AvgIpc) is 3.18. The highest BCUT2D eigenvalue weighted by Gasteiger charge is 2.20. The van der Waals surface area contributed by atoms with E-state index in [1.165, 1.54) is 11.8 Å². The van der Waals surface area contributed by atoms with Gasteiger partial charge in [0.25, 0.3) is 5.91 Å². The van der Waals surface area contributed by atoms with Crippen molar-refractivity contribution < 1.29 is 9.59 Å². The number of hydrogen-bond acceptors (Lipinski definition) is 5. The Kier molecular flexibility index (Phi) is 8.17. The third-order valence-electron chi connectivity index (χ3n) is 4.65. The Morgan fingerprint density at radius 3 is 2.53 bits per heavy atom. The van der Waals surface area contributed by atoms with Crippen LogP contribution in [-0.4, -0.2) is 32.3 Å². The van der Waals surface area contributed by atoms with E-state index in [4.69, 9.17) is 23.2 Å². The van der Waals surface area contributed by atoms with Crippen LogP contribution in [0.4, 0.5) is 5.69 Å². The fourth-order valence-electron chi connectivity index (χ4n) is 2.98. The molecule has 0 aliphatic rings. The number of nitrogens with zero attached hydrogens (tertiary/aromatic N) is 3. The van der Waals surface area contributed by atoms with Crippen molar-refractivity contribution in [3.8, 4) is 0 Å². The van der Waals surface area contributed by atoms with E-state index in [0.717, 1.165) is 5.56 Å². The van der Waals surface area contributed by atoms with E-state index in [1.54, 1.807) is 30.3 Å². The number of aryl methyl sites for hydroxylation is 1. The Labute approximate surface area is 200 Å². The molecule has 2 N–H and O–H groups in total. The lowest BCUT2D eigenvalue weighted by molar-refractivity contribution is -0.113. The van der Waals surface area contributed by atoms with E-state index in [2.05, 4.69) is 20.8 Å². The van der Waals surface area contributed by atoms with Crippen LogP contribution in [0, 0.1) is 6.92 Å². The summed E-state index contributed by atoms with van der Waals surface area (Å²) in [6.07, 6.45) is 0. The zero-order chi connectivity index (χ0) is 23.3. The van der Waals surface area contributed by atoms with Crippen molar-refractivity contribution in [2.24, 2.45) is 0 Å². The Bertz CT molecular complexity index is 1120. The fourth-order valence-corrected chi connectivity index (χ4v) is 4.13. The number of anilines is 1. The zero-order valence-corrected chi connectivity index (χ0v) is 20.2. The predicted octanol–water partition coefficient (Wildman–Crippen LogP) is 5.14. The minimum Gasteiger partial charge on any atom is -0.342 e. The molecule has 7 nitrogen and oxygen atoms in total. The number of thioether (sulfide) groups is 1. The van der Waals surface area contributed by atoms with Gasteiger partial charge in [0.1, 0.15) is 0 Å². The first-order chi connectivity index (χ1) is 15.3. The maximum absolute atomic E-state index is 12.5. The van der Waals surface area contributed by atoms with Gasteiger partial charge in [-0.1, -0.05) is 52.7 Å². The maximum Gasteiger partial charge on any atom is 0.251 e. The highest BCUT2D eigenvalue weighted by molar-refractivity contribution is 7.99. The van der Waals surface area contributed by atoms with Crippen LogP contribution < -0.4 is 10.6 Å². The minimum absolute atomic E-state index is 0.116. The van der Waals surface area contributed by atoms with E-state index in [1.807, 2.05) is 37.5 Å². The largest absolute Gasteiger partial charge is 0.342 e. The average molecular weight is 492 g/mol. The molecule has 3 aromatic rings. The Balaban J connectivity index is 1.63. The molecule has 32 heavy (non-hydrogen) atoms. The molecule has 168 valence electrons. The Morgan fingerprint density at radius 1 is 1.12 bits per heavy atom. The summed E-state index contributed by atoms with van der Waals surface area (Å²) in [5, 5.41) is 15.6. The van der Waals surface area contributed by atoms with Gasteiger partial charge in [0, 0.05) is 17.1 Å². The number of aromatic nitrogens is 3. The monoisotopic (exact) mass is 491 g/mol. The highest BCUT2D eigenvalue weighted by atomic mass is 35.5. The van der Waals surface area contributed by atoms with Gasteiger partial charge >= 0.3 is 0 Å². The van der Waals surface area contributed by atoms with Crippen molar-refractivity contribution >= 4 is 52.5 Å². The van der Waals surface area contributed by atoms with Crippen LogP contribution in [0.5, 0.6) is 0 Å². The number of amides is 2. The Hall–Kier alpha value is -2.55. The van der Waals surface area contributed by atoms with Crippen LogP contribution in [0.15, 0.2) is 47.6 Å². The lowest BCUT2D eigenvalue weighted by Crippen LogP contribution is -2.28. The summed E-state index contributed by atoms with van der Waals surface area (Å²) in [5.41, 5.74) is 2.12. The normalized spacial score (nSPS) is 11.8. The highest BCUT2D eigenvalue weighted by Crippen LogP contribution is 2.26. The molecule has 0 saturated heterocycles. The molecule has 0 aliphatic carbocycles. The summed E-state index contributed by atoms with van der Waals surface area (Å²) >= 11 is 13.3. The van der Waals surface area contributed by atoms with Gasteiger partial charge in [-0.15, -0.1) is 10.2 Å². The third-order valence-corrected chi connectivity index (χ3v) is 6.18. The number of rotatable bonds is 8. The number of carbonyl (C=O) groups excluding carboxylic acids is 2. The molecular formula is C22H23Cl2N5O2S. The molecule has 2 amide bonds. The molecule has 0 fully saturated rings. The molecule has 10 heteroatoms. The molecule has 0 bridgehead atoms. The van der Waals surface area contributed by atoms with Gasteiger partial charge in [-0.05, 0) is 51.1 Å². The van der Waals surface area contributed by atoms with Crippen molar-refractivity contribution in [1.29, 1.82) is 0 Å². The summed E-state index contributed by atoms with van der Waals surface area (Å²) in [5.74, 6) is 0.307. The van der Waals surface area contributed by atoms with Gasteiger partial charge in [0.05, 0.1) is 22.5 Å². The van der Waals surface area contributed by atoms with Gasteiger partial charge in [-0.2, -0.15) is 0 Å². The first-order valence-electron chi connectivity index (χ1n) is 9.96. The summed E-state index contributed by atoms with van der Waals surface area (Å²) in [7, 11) is 0. The van der Waals surface area contributed by atoms with Crippen molar-refractivity contribution in [2.75, 3.05) is 11.1 Å². The van der Waals surface area contributed by atoms with Crippen molar-refractivity contribution in [2.45, 2.75) is 38.5 Å². The first kappa shape index (κ1) is 24.1. The first-order valence-corrected chi connectivity index (χ1v) is 11.7. The van der Waals surface area contributed by atoms with E-state index < -0.39 is 0 Å². The summed E-state index contributed by atoms with van der Waals surface area (Å²) in [6, 6.07) is 11.9. The molecule has 1 aromatic heterocycles. The van der Waals surface area contributed by atoms with Gasteiger partial charge in [-0.25, -0.2) is 0 Å². The molecule has 0 saturated carbocycles. The number of nitrogens with one attached hydrogen (secondary N) is 2. The van der Waals surface area contributed by atoms with Crippen LogP contribution in [0.3, 0.4) is 0 Å². The van der Waals surface area contributed by atoms with E-state index in [0.29, 0.717) is 38.8 Å². The maximum atomic E-state index is 12.5. The van der Waals surface area contributed by atoms with Crippen LogP contribution >= 0.6 is 35.0 Å². The van der Waals surface area contributed by atoms with Gasteiger partial charge in [-0.3, -0.25) is 9.59 Å². The number of carbonyl (C=O) groups is 2. The number of hydrogen-bond donors (Lipinski definition) is 2. The van der Waals surface area contributed by atoms with Crippen LogP contribution in [-0.2, 0) is 11.3 Å². The van der Waals surface area contributed by atoms with Crippen LogP contribution in [0.2, 0.25) is 10.0 Å². The lowest BCUT2D eigenvalue weighted by Gasteiger charge is -2.15. The van der Waals surface area contributed by atoms with E-state index in [9.17, 15) is 9.59 Å². The fraction of sp³-hybridized carbons (Fsp3) is 0.273. The zero-order valence-electron chi connectivity index (χ0n) is 17.9. The standard InChI is InChI=1S/C22H23Cl2N5O2S/c1-4-29-20(14(3)25-21(31)15-7-5-13(2)6-8-15)27-28-22(29)32-12-19(30)26-18-11-16(23)9-10-17(18)24/h5-11,14H,4,12H2,1-3H3,(H,25,31)(H,26,30)/t14-/m1/s1. The molecule has 0 spiro atoms. The molecule has 2 aromatic carbocycles.